The molecule has 6 heteroatoms. The van der Waals surface area contributed by atoms with E-state index in [0.29, 0.717) is 23.2 Å². The second-order valence-corrected chi connectivity index (χ2v) is 7.67. The van der Waals surface area contributed by atoms with Crippen molar-refractivity contribution in [1.29, 1.82) is 0 Å². The fraction of sp³-hybridized carbons (Fsp3) is 0.318. The second-order valence-electron chi connectivity index (χ2n) is 7.19. The van der Waals surface area contributed by atoms with Crippen LogP contribution in [0.4, 0.5) is 5.82 Å². The van der Waals surface area contributed by atoms with Gasteiger partial charge in [0.15, 0.2) is 5.82 Å². The fourth-order valence-electron chi connectivity index (χ4n) is 3.70. The zero-order valence-electron chi connectivity index (χ0n) is 15.7. The first-order valence-electron chi connectivity index (χ1n) is 9.84. The van der Waals surface area contributed by atoms with Crippen LogP contribution in [-0.4, -0.2) is 20.8 Å². The highest BCUT2D eigenvalue weighted by atomic mass is 32.1. The fourth-order valence-corrected chi connectivity index (χ4v) is 3.96. The van der Waals surface area contributed by atoms with Gasteiger partial charge in [0.1, 0.15) is 5.69 Å². The number of hydrogen-bond acceptors (Lipinski definition) is 5. The average Bonchev–Trinajstić information content (AvgIpc) is 2.98. The van der Waals surface area contributed by atoms with Crippen molar-refractivity contribution in [2.45, 2.75) is 49.5 Å². The molecule has 5 nitrogen and oxygen atoms in total. The van der Waals surface area contributed by atoms with Gasteiger partial charge in [-0.15, -0.1) is 12.6 Å². The van der Waals surface area contributed by atoms with E-state index in [1.165, 1.54) is 30.4 Å². The van der Waals surface area contributed by atoms with Crippen LogP contribution in [0.1, 0.15) is 38.5 Å². The van der Waals surface area contributed by atoms with Crippen molar-refractivity contribution >= 4 is 18.4 Å². The Morgan fingerprint density at radius 1 is 0.929 bits per heavy atom. The lowest BCUT2D eigenvalue weighted by Gasteiger charge is -2.19. The summed E-state index contributed by atoms with van der Waals surface area (Å²) >= 11 is 4.60. The van der Waals surface area contributed by atoms with E-state index in [2.05, 4.69) is 22.9 Å². The predicted octanol–water partition coefficient (Wildman–Crippen LogP) is 4.72. The Kier molecular flexibility index (Phi) is 5.76. The Balaban J connectivity index is 1.81. The van der Waals surface area contributed by atoms with E-state index in [9.17, 15) is 4.79 Å². The summed E-state index contributed by atoms with van der Waals surface area (Å²) in [5.41, 5.74) is 1.82. The first-order chi connectivity index (χ1) is 13.7. The smallest absolute Gasteiger partial charge is 0.365 e. The molecule has 0 amide bonds. The van der Waals surface area contributed by atoms with Gasteiger partial charge in [0.2, 0.25) is 0 Å². The summed E-state index contributed by atoms with van der Waals surface area (Å²) in [7, 11) is 0. The Morgan fingerprint density at radius 2 is 1.61 bits per heavy atom. The number of nitrogens with one attached hydrogen (secondary N) is 1. The summed E-state index contributed by atoms with van der Waals surface area (Å²) in [5, 5.41) is 8.21. The third kappa shape index (κ3) is 4.12. The summed E-state index contributed by atoms with van der Waals surface area (Å²) in [6.45, 7) is 0. The van der Waals surface area contributed by atoms with Crippen LogP contribution in [0.25, 0.3) is 16.9 Å². The maximum absolute atomic E-state index is 12.7. The summed E-state index contributed by atoms with van der Waals surface area (Å²) in [5.74, 6) is 0.547. The van der Waals surface area contributed by atoms with Crippen LogP contribution in [0.2, 0.25) is 0 Å². The molecule has 0 aliphatic heterocycles. The van der Waals surface area contributed by atoms with Gasteiger partial charge in [-0.25, -0.2) is 4.79 Å². The Bertz CT molecular complexity index is 995. The van der Waals surface area contributed by atoms with Gasteiger partial charge >= 0.3 is 5.69 Å². The van der Waals surface area contributed by atoms with Gasteiger partial charge in [0.05, 0.1) is 5.69 Å². The molecule has 0 bridgehead atoms. The first kappa shape index (κ1) is 18.7. The van der Waals surface area contributed by atoms with Gasteiger partial charge < -0.3 is 5.32 Å². The number of nitrogens with zero attached hydrogens (tertiary/aromatic N) is 3. The molecule has 0 atom stereocenters. The minimum Gasteiger partial charge on any atom is -0.365 e. The van der Waals surface area contributed by atoms with Crippen LogP contribution in [0.5, 0.6) is 0 Å². The number of hydrogen-bond donors (Lipinski definition) is 2. The number of rotatable bonds is 4. The number of aromatic nitrogens is 3. The van der Waals surface area contributed by atoms with Crippen LogP contribution in [0.3, 0.4) is 0 Å². The standard InChI is InChI=1S/C22H24N4OS/c27-22-24-21(23-16-10-4-1-2-5-11-16)20(18-14-8-9-15-19(18)28)25-26(22)17-12-6-3-7-13-17/h3,6-9,12-16,28H,1-2,4-5,10-11H2,(H,23,24,27). The summed E-state index contributed by atoms with van der Waals surface area (Å²) in [6, 6.07) is 17.5. The molecule has 3 aromatic rings. The van der Waals surface area contributed by atoms with Gasteiger partial charge in [-0.3, -0.25) is 0 Å². The molecule has 1 saturated carbocycles. The van der Waals surface area contributed by atoms with E-state index in [0.717, 1.165) is 23.3 Å². The highest BCUT2D eigenvalue weighted by Gasteiger charge is 2.19. The van der Waals surface area contributed by atoms with Crippen LogP contribution in [0, 0.1) is 0 Å². The summed E-state index contributed by atoms with van der Waals surface area (Å²) < 4.78 is 1.35. The van der Waals surface area contributed by atoms with Crippen molar-refractivity contribution in [3.8, 4) is 16.9 Å². The molecule has 0 unspecified atom stereocenters. The minimum absolute atomic E-state index is 0.314. The molecule has 0 spiro atoms. The van der Waals surface area contributed by atoms with Crippen molar-refractivity contribution in [2.24, 2.45) is 0 Å². The van der Waals surface area contributed by atoms with Crippen LogP contribution in [0.15, 0.2) is 64.3 Å². The topological polar surface area (TPSA) is 59.8 Å². The maximum atomic E-state index is 12.7. The number of para-hydroxylation sites is 1. The second kappa shape index (κ2) is 8.61. The lowest BCUT2D eigenvalue weighted by atomic mass is 10.1. The van der Waals surface area contributed by atoms with E-state index in [1.54, 1.807) is 0 Å². The third-order valence-electron chi connectivity index (χ3n) is 5.17. The van der Waals surface area contributed by atoms with Gasteiger partial charge in [-0.1, -0.05) is 62.1 Å². The largest absolute Gasteiger partial charge is 0.370 e. The molecular weight excluding hydrogens is 368 g/mol. The highest BCUT2D eigenvalue weighted by molar-refractivity contribution is 7.80. The molecule has 1 fully saturated rings. The number of thiol groups is 1. The zero-order chi connectivity index (χ0) is 19.3. The van der Waals surface area contributed by atoms with Crippen LogP contribution >= 0.6 is 12.6 Å². The molecule has 1 aliphatic rings. The van der Waals surface area contributed by atoms with E-state index in [1.807, 2.05) is 54.6 Å². The van der Waals surface area contributed by atoms with Crippen molar-refractivity contribution in [1.82, 2.24) is 14.8 Å². The monoisotopic (exact) mass is 392 g/mol. The SMILES string of the molecule is O=c1nc(NC2CCCCCC2)c(-c2ccccc2S)nn1-c1ccccc1. The predicted molar refractivity (Wildman–Crippen MR) is 115 cm³/mol. The van der Waals surface area contributed by atoms with Crippen molar-refractivity contribution in [2.75, 3.05) is 5.32 Å². The van der Waals surface area contributed by atoms with E-state index in [-0.39, 0.29) is 5.69 Å². The molecule has 1 heterocycles. The molecule has 2 aromatic carbocycles. The molecule has 1 aliphatic carbocycles. The summed E-state index contributed by atoms with van der Waals surface area (Å²) in [4.78, 5) is 17.9. The average molecular weight is 393 g/mol. The number of benzene rings is 2. The molecule has 28 heavy (non-hydrogen) atoms. The molecular formula is C22H24N4OS. The summed E-state index contributed by atoms with van der Waals surface area (Å²) in [6.07, 6.45) is 7.11. The molecule has 144 valence electrons. The molecule has 0 radical (unpaired) electrons. The molecule has 1 aromatic heterocycles. The lowest BCUT2D eigenvalue weighted by molar-refractivity contribution is 0.614. The van der Waals surface area contributed by atoms with Crippen molar-refractivity contribution < 1.29 is 0 Å². The van der Waals surface area contributed by atoms with E-state index < -0.39 is 0 Å². The molecule has 1 N–H and O–H groups in total. The Hall–Kier alpha value is -2.60. The third-order valence-corrected chi connectivity index (χ3v) is 5.56. The van der Waals surface area contributed by atoms with Crippen molar-refractivity contribution in [3.05, 3.63) is 65.1 Å². The highest BCUT2D eigenvalue weighted by Crippen LogP contribution is 2.30. The Labute approximate surface area is 170 Å². The van der Waals surface area contributed by atoms with Crippen LogP contribution < -0.4 is 11.0 Å². The van der Waals surface area contributed by atoms with Gasteiger partial charge in [-0.05, 0) is 31.0 Å². The van der Waals surface area contributed by atoms with Crippen molar-refractivity contribution in [3.63, 3.8) is 0 Å². The minimum atomic E-state index is -0.386. The molecule has 0 saturated heterocycles. The first-order valence-corrected chi connectivity index (χ1v) is 10.3. The Morgan fingerprint density at radius 3 is 2.32 bits per heavy atom. The quantitative estimate of drug-likeness (QED) is 0.498. The molecule has 4 rings (SSSR count). The lowest BCUT2D eigenvalue weighted by Crippen LogP contribution is -2.29. The van der Waals surface area contributed by atoms with Gasteiger partial charge in [-0.2, -0.15) is 14.8 Å². The van der Waals surface area contributed by atoms with Gasteiger partial charge in [0, 0.05) is 16.5 Å². The van der Waals surface area contributed by atoms with E-state index in [4.69, 9.17) is 5.10 Å². The maximum Gasteiger partial charge on any atom is 0.370 e. The van der Waals surface area contributed by atoms with E-state index >= 15 is 0 Å². The van der Waals surface area contributed by atoms with Gasteiger partial charge in [0.25, 0.3) is 0 Å². The van der Waals surface area contributed by atoms with Crippen LogP contribution in [-0.2, 0) is 0 Å². The normalized spacial score (nSPS) is 15.2. The number of anilines is 1. The zero-order valence-corrected chi connectivity index (χ0v) is 16.6.